The van der Waals surface area contributed by atoms with Crippen LogP contribution < -0.4 is 0 Å². The van der Waals surface area contributed by atoms with Crippen LogP contribution in [0.15, 0.2) is 12.2 Å². The van der Waals surface area contributed by atoms with Crippen molar-refractivity contribution in [1.29, 1.82) is 0 Å². The molecular formula is C24H46O2. The lowest BCUT2D eigenvalue weighted by molar-refractivity contribution is -0.143. The van der Waals surface area contributed by atoms with E-state index in [0.717, 1.165) is 19.3 Å². The predicted octanol–water partition coefficient (Wildman–Crippen LogP) is 8.15. The van der Waals surface area contributed by atoms with Crippen LogP contribution in [-0.4, -0.2) is 12.6 Å². The molecule has 26 heavy (non-hydrogen) atoms. The Kier molecular flexibility index (Phi) is 21.6. The molecule has 0 amide bonds. The summed E-state index contributed by atoms with van der Waals surface area (Å²) in [6.45, 7) is 5.09. The fourth-order valence-corrected chi connectivity index (χ4v) is 3.13. The number of rotatable bonds is 20. The molecule has 0 bridgehead atoms. The van der Waals surface area contributed by atoms with E-state index < -0.39 is 0 Å². The summed E-state index contributed by atoms with van der Waals surface area (Å²) < 4.78 is 5.31. The number of hydrogen-bond donors (Lipinski definition) is 0. The molecule has 0 fully saturated rings. The van der Waals surface area contributed by atoms with Crippen molar-refractivity contribution in [2.45, 2.75) is 129 Å². The zero-order valence-electron chi connectivity index (χ0n) is 17.9. The highest BCUT2D eigenvalue weighted by Crippen LogP contribution is 2.10. The van der Waals surface area contributed by atoms with E-state index >= 15 is 0 Å². The zero-order valence-corrected chi connectivity index (χ0v) is 17.9. The third-order valence-electron chi connectivity index (χ3n) is 4.90. The van der Waals surface area contributed by atoms with Crippen molar-refractivity contribution in [3.8, 4) is 0 Å². The summed E-state index contributed by atoms with van der Waals surface area (Å²) in [5, 5.41) is 0. The Bertz CT molecular complexity index is 309. The van der Waals surface area contributed by atoms with Gasteiger partial charge >= 0.3 is 5.97 Å². The number of carbonyl (C=O) groups excluding carboxylic acids is 1. The zero-order chi connectivity index (χ0) is 19.1. The van der Waals surface area contributed by atoms with Crippen LogP contribution in [0.5, 0.6) is 0 Å². The minimum absolute atomic E-state index is 0.00276. The van der Waals surface area contributed by atoms with E-state index in [9.17, 15) is 4.79 Å². The van der Waals surface area contributed by atoms with Gasteiger partial charge in [-0.1, -0.05) is 96.6 Å². The van der Waals surface area contributed by atoms with Gasteiger partial charge in [-0.25, -0.2) is 0 Å². The molecule has 0 aliphatic rings. The topological polar surface area (TPSA) is 26.3 Å². The molecule has 0 unspecified atom stereocenters. The summed E-state index contributed by atoms with van der Waals surface area (Å²) in [4.78, 5) is 11.6. The Morgan fingerprint density at radius 3 is 1.69 bits per heavy atom. The summed E-state index contributed by atoms with van der Waals surface area (Å²) in [6, 6.07) is 0. The SMILES string of the molecule is CCCCCC/C=C\CCCCCCCCOC(=O)CCCCCCC. The van der Waals surface area contributed by atoms with Crippen LogP contribution in [0.25, 0.3) is 0 Å². The smallest absolute Gasteiger partial charge is 0.305 e. The molecule has 0 heterocycles. The maximum Gasteiger partial charge on any atom is 0.305 e. The molecule has 0 spiro atoms. The molecular weight excluding hydrogens is 320 g/mol. The highest BCUT2D eigenvalue weighted by atomic mass is 16.5. The highest BCUT2D eigenvalue weighted by Gasteiger charge is 2.02. The standard InChI is InChI=1S/C24H46O2/c1-3-5-7-9-10-11-12-13-14-15-16-17-19-21-23-26-24(25)22-20-18-8-6-4-2/h11-12H,3-10,13-23H2,1-2H3/b12-11-. The fraction of sp³-hybridized carbons (Fsp3) is 0.875. The Balaban J connectivity index is 3.16. The molecule has 0 rings (SSSR count). The van der Waals surface area contributed by atoms with Gasteiger partial charge in [0.1, 0.15) is 0 Å². The van der Waals surface area contributed by atoms with Crippen LogP contribution in [0, 0.1) is 0 Å². The van der Waals surface area contributed by atoms with Crippen molar-refractivity contribution in [3.63, 3.8) is 0 Å². The van der Waals surface area contributed by atoms with E-state index in [-0.39, 0.29) is 5.97 Å². The lowest BCUT2D eigenvalue weighted by Crippen LogP contribution is -2.05. The lowest BCUT2D eigenvalue weighted by atomic mass is 10.1. The van der Waals surface area contributed by atoms with Crippen molar-refractivity contribution in [1.82, 2.24) is 0 Å². The third-order valence-corrected chi connectivity index (χ3v) is 4.90. The second-order valence-electron chi connectivity index (χ2n) is 7.62. The monoisotopic (exact) mass is 366 g/mol. The Morgan fingerprint density at radius 1 is 0.615 bits per heavy atom. The Labute approximate surface area is 164 Å². The van der Waals surface area contributed by atoms with Crippen LogP contribution >= 0.6 is 0 Å². The van der Waals surface area contributed by atoms with Gasteiger partial charge in [-0.3, -0.25) is 4.79 Å². The molecule has 0 N–H and O–H groups in total. The largest absolute Gasteiger partial charge is 0.466 e. The highest BCUT2D eigenvalue weighted by molar-refractivity contribution is 5.69. The van der Waals surface area contributed by atoms with Gasteiger partial charge in [-0.15, -0.1) is 0 Å². The lowest BCUT2D eigenvalue weighted by Gasteiger charge is -2.05. The first-order valence-corrected chi connectivity index (χ1v) is 11.6. The second-order valence-corrected chi connectivity index (χ2v) is 7.62. The van der Waals surface area contributed by atoms with Crippen LogP contribution in [0.2, 0.25) is 0 Å². The number of allylic oxidation sites excluding steroid dienone is 2. The van der Waals surface area contributed by atoms with Gasteiger partial charge in [-0.2, -0.15) is 0 Å². The van der Waals surface area contributed by atoms with Gasteiger partial charge in [0.25, 0.3) is 0 Å². The molecule has 2 nitrogen and oxygen atoms in total. The summed E-state index contributed by atoms with van der Waals surface area (Å²) in [6.07, 6.45) is 26.7. The summed E-state index contributed by atoms with van der Waals surface area (Å²) in [7, 11) is 0. The van der Waals surface area contributed by atoms with Gasteiger partial charge in [0.15, 0.2) is 0 Å². The first-order valence-electron chi connectivity index (χ1n) is 11.6. The van der Waals surface area contributed by atoms with Crippen molar-refractivity contribution >= 4 is 5.97 Å². The Hall–Kier alpha value is -0.790. The quantitative estimate of drug-likeness (QED) is 0.123. The fourth-order valence-electron chi connectivity index (χ4n) is 3.13. The van der Waals surface area contributed by atoms with E-state index in [1.807, 2.05) is 0 Å². The van der Waals surface area contributed by atoms with Gasteiger partial charge in [0.05, 0.1) is 6.61 Å². The number of hydrogen-bond acceptors (Lipinski definition) is 2. The number of ether oxygens (including phenoxy) is 1. The van der Waals surface area contributed by atoms with Gasteiger partial charge in [-0.05, 0) is 38.5 Å². The Morgan fingerprint density at radius 2 is 1.08 bits per heavy atom. The van der Waals surface area contributed by atoms with Crippen molar-refractivity contribution in [2.75, 3.05) is 6.61 Å². The molecule has 0 saturated heterocycles. The number of unbranched alkanes of at least 4 members (excludes halogenated alkanes) is 14. The van der Waals surface area contributed by atoms with E-state index in [0.29, 0.717) is 13.0 Å². The van der Waals surface area contributed by atoms with Crippen molar-refractivity contribution in [2.24, 2.45) is 0 Å². The molecule has 0 radical (unpaired) electrons. The van der Waals surface area contributed by atoms with Crippen molar-refractivity contribution < 1.29 is 9.53 Å². The van der Waals surface area contributed by atoms with Gasteiger partial charge in [0, 0.05) is 6.42 Å². The summed E-state index contributed by atoms with van der Waals surface area (Å²) >= 11 is 0. The molecule has 0 atom stereocenters. The minimum atomic E-state index is 0.00276. The first kappa shape index (κ1) is 25.2. The molecule has 2 heteroatoms. The normalized spacial score (nSPS) is 11.3. The van der Waals surface area contributed by atoms with E-state index in [2.05, 4.69) is 26.0 Å². The first-order chi connectivity index (χ1) is 12.8. The van der Waals surface area contributed by atoms with Crippen molar-refractivity contribution in [3.05, 3.63) is 12.2 Å². The maximum absolute atomic E-state index is 11.6. The van der Waals surface area contributed by atoms with Crippen LogP contribution in [0.1, 0.15) is 129 Å². The molecule has 0 aliphatic carbocycles. The van der Waals surface area contributed by atoms with Gasteiger partial charge < -0.3 is 4.74 Å². The molecule has 0 aliphatic heterocycles. The number of carbonyl (C=O) groups is 1. The predicted molar refractivity (Wildman–Crippen MR) is 115 cm³/mol. The van der Waals surface area contributed by atoms with E-state index in [4.69, 9.17) is 4.74 Å². The van der Waals surface area contributed by atoms with Crippen LogP contribution in [0.4, 0.5) is 0 Å². The molecule has 0 saturated carbocycles. The second kappa shape index (κ2) is 22.3. The number of esters is 1. The van der Waals surface area contributed by atoms with Gasteiger partial charge in [0.2, 0.25) is 0 Å². The third kappa shape index (κ3) is 21.3. The minimum Gasteiger partial charge on any atom is -0.466 e. The van der Waals surface area contributed by atoms with Crippen LogP contribution in [-0.2, 0) is 9.53 Å². The summed E-state index contributed by atoms with van der Waals surface area (Å²) in [5.41, 5.74) is 0. The van der Waals surface area contributed by atoms with E-state index in [1.54, 1.807) is 0 Å². The molecule has 0 aromatic heterocycles. The average molecular weight is 367 g/mol. The molecule has 0 aromatic rings. The summed E-state index contributed by atoms with van der Waals surface area (Å²) in [5.74, 6) is 0.00276. The molecule has 154 valence electrons. The maximum atomic E-state index is 11.6. The average Bonchev–Trinajstić information content (AvgIpc) is 2.64. The van der Waals surface area contributed by atoms with E-state index in [1.165, 1.54) is 89.9 Å². The molecule has 0 aromatic carbocycles. The van der Waals surface area contributed by atoms with Crippen LogP contribution in [0.3, 0.4) is 0 Å².